The number of benzene rings is 1. The number of carbonyl (C=O) groups excluding carboxylic acids is 1. The second-order valence-electron chi connectivity index (χ2n) is 5.09. The zero-order valence-electron chi connectivity index (χ0n) is 12.0. The molecule has 0 aliphatic heterocycles. The molecule has 1 amide bonds. The van der Waals surface area contributed by atoms with E-state index in [2.05, 4.69) is 17.2 Å². The van der Waals surface area contributed by atoms with Gasteiger partial charge in [0.15, 0.2) is 0 Å². The third kappa shape index (κ3) is 3.95. The minimum absolute atomic E-state index is 0.326. The minimum Gasteiger partial charge on any atom is -0.491 e. The maximum atomic E-state index is 11.6. The van der Waals surface area contributed by atoms with E-state index < -0.39 is 0 Å². The van der Waals surface area contributed by atoms with Crippen molar-refractivity contribution in [3.05, 3.63) is 29.8 Å². The van der Waals surface area contributed by atoms with Crippen LogP contribution in [0.2, 0.25) is 0 Å². The molecule has 1 aliphatic carbocycles. The molecule has 0 atom stereocenters. The number of para-hydroxylation sites is 1. The molecule has 0 saturated heterocycles. The molecular formula is C15H23N3O2. The van der Waals surface area contributed by atoms with Gasteiger partial charge in [-0.3, -0.25) is 15.1 Å². The van der Waals surface area contributed by atoms with Gasteiger partial charge in [0.05, 0.1) is 5.56 Å². The van der Waals surface area contributed by atoms with Crippen LogP contribution in [0.15, 0.2) is 24.3 Å². The number of nitrogen functional groups attached to an aromatic ring is 1. The lowest BCUT2D eigenvalue weighted by molar-refractivity contribution is 0.0948. The molecule has 20 heavy (non-hydrogen) atoms. The maximum Gasteiger partial charge on any atom is 0.268 e. The quantitative estimate of drug-likeness (QED) is 0.430. The average Bonchev–Trinajstić information content (AvgIpc) is 3.30. The van der Waals surface area contributed by atoms with E-state index in [1.165, 1.54) is 12.8 Å². The summed E-state index contributed by atoms with van der Waals surface area (Å²) in [6, 6.07) is 7.90. The molecule has 2 rings (SSSR count). The van der Waals surface area contributed by atoms with E-state index in [0.29, 0.717) is 17.9 Å². The Bertz CT molecular complexity index is 446. The summed E-state index contributed by atoms with van der Waals surface area (Å²) < 4.78 is 5.76. The molecule has 0 unspecified atom stereocenters. The predicted octanol–water partition coefficient (Wildman–Crippen LogP) is 1.54. The monoisotopic (exact) mass is 277 g/mol. The van der Waals surface area contributed by atoms with Crippen molar-refractivity contribution >= 4 is 5.91 Å². The van der Waals surface area contributed by atoms with E-state index in [4.69, 9.17) is 10.6 Å². The number of nitrogens with zero attached hydrogens (tertiary/aromatic N) is 1. The van der Waals surface area contributed by atoms with Gasteiger partial charge in [-0.15, -0.1) is 0 Å². The summed E-state index contributed by atoms with van der Waals surface area (Å²) in [7, 11) is 0. The molecule has 5 heteroatoms. The van der Waals surface area contributed by atoms with Crippen LogP contribution >= 0.6 is 0 Å². The number of hydrogen-bond donors (Lipinski definition) is 2. The first-order valence-electron chi connectivity index (χ1n) is 7.23. The third-order valence-corrected chi connectivity index (χ3v) is 3.47. The molecule has 1 aliphatic rings. The van der Waals surface area contributed by atoms with Gasteiger partial charge in [0, 0.05) is 12.6 Å². The topological polar surface area (TPSA) is 67.6 Å². The first-order chi connectivity index (χ1) is 9.76. The first kappa shape index (κ1) is 14.8. The number of nitrogens with one attached hydrogen (secondary N) is 1. The van der Waals surface area contributed by atoms with Crippen LogP contribution < -0.4 is 16.0 Å². The van der Waals surface area contributed by atoms with E-state index >= 15 is 0 Å². The second kappa shape index (κ2) is 7.26. The molecule has 1 aromatic rings. The smallest absolute Gasteiger partial charge is 0.268 e. The van der Waals surface area contributed by atoms with Gasteiger partial charge in [-0.1, -0.05) is 19.1 Å². The number of hydrogen-bond acceptors (Lipinski definition) is 4. The molecule has 0 heterocycles. The Labute approximate surface area is 120 Å². The van der Waals surface area contributed by atoms with Gasteiger partial charge in [0.1, 0.15) is 12.4 Å². The van der Waals surface area contributed by atoms with Crippen molar-refractivity contribution in [2.45, 2.75) is 32.2 Å². The fourth-order valence-electron chi connectivity index (χ4n) is 2.33. The van der Waals surface area contributed by atoms with Crippen LogP contribution in [0.4, 0.5) is 0 Å². The Hall–Kier alpha value is -1.59. The van der Waals surface area contributed by atoms with Crippen LogP contribution in [0.1, 0.15) is 36.5 Å². The molecule has 5 nitrogen and oxygen atoms in total. The lowest BCUT2D eigenvalue weighted by Gasteiger charge is -2.21. The Morgan fingerprint density at radius 1 is 1.40 bits per heavy atom. The maximum absolute atomic E-state index is 11.6. The van der Waals surface area contributed by atoms with Crippen molar-refractivity contribution in [2.75, 3.05) is 19.7 Å². The SMILES string of the molecule is CCCN(CCOc1ccccc1C(=O)NN)C1CC1. The van der Waals surface area contributed by atoms with Crippen LogP contribution in [0.25, 0.3) is 0 Å². The summed E-state index contributed by atoms with van der Waals surface area (Å²) in [5.74, 6) is 5.43. The molecular weight excluding hydrogens is 254 g/mol. The summed E-state index contributed by atoms with van der Waals surface area (Å²) in [4.78, 5) is 14.1. The Kier molecular flexibility index (Phi) is 5.38. The molecule has 0 radical (unpaired) electrons. The van der Waals surface area contributed by atoms with Gasteiger partial charge in [-0.2, -0.15) is 0 Å². The standard InChI is InChI=1S/C15H23N3O2/c1-2-9-18(12-7-8-12)10-11-20-14-6-4-3-5-13(14)15(19)17-16/h3-6,12H,2,7-11,16H2,1H3,(H,17,19). The van der Waals surface area contributed by atoms with Crippen molar-refractivity contribution in [2.24, 2.45) is 5.84 Å². The van der Waals surface area contributed by atoms with E-state index in [1.54, 1.807) is 18.2 Å². The van der Waals surface area contributed by atoms with E-state index in [0.717, 1.165) is 25.6 Å². The highest BCUT2D eigenvalue weighted by Crippen LogP contribution is 2.26. The lowest BCUT2D eigenvalue weighted by atomic mass is 10.2. The number of amides is 1. The van der Waals surface area contributed by atoms with Gasteiger partial charge in [-0.25, -0.2) is 5.84 Å². The molecule has 1 aromatic carbocycles. The highest BCUT2D eigenvalue weighted by molar-refractivity contribution is 5.96. The fourth-order valence-corrected chi connectivity index (χ4v) is 2.33. The summed E-state index contributed by atoms with van der Waals surface area (Å²) in [6.45, 7) is 4.79. The molecule has 1 fully saturated rings. The predicted molar refractivity (Wildman–Crippen MR) is 78.5 cm³/mol. The van der Waals surface area contributed by atoms with Crippen LogP contribution in [0.5, 0.6) is 5.75 Å². The van der Waals surface area contributed by atoms with Crippen molar-refractivity contribution in [3.63, 3.8) is 0 Å². The van der Waals surface area contributed by atoms with Gasteiger partial charge in [-0.05, 0) is 37.9 Å². The zero-order chi connectivity index (χ0) is 14.4. The molecule has 3 N–H and O–H groups in total. The molecule has 0 bridgehead atoms. The summed E-state index contributed by atoms with van der Waals surface area (Å²) >= 11 is 0. The molecule has 110 valence electrons. The number of nitrogens with two attached hydrogens (primary N) is 1. The fraction of sp³-hybridized carbons (Fsp3) is 0.533. The van der Waals surface area contributed by atoms with Crippen LogP contribution in [-0.4, -0.2) is 36.5 Å². The van der Waals surface area contributed by atoms with Crippen LogP contribution in [0.3, 0.4) is 0 Å². The summed E-state index contributed by atoms with van der Waals surface area (Å²) in [5.41, 5.74) is 2.62. The lowest BCUT2D eigenvalue weighted by Crippen LogP contribution is -2.32. The zero-order valence-corrected chi connectivity index (χ0v) is 12.0. The van der Waals surface area contributed by atoms with Gasteiger partial charge in [0.2, 0.25) is 0 Å². The van der Waals surface area contributed by atoms with Crippen molar-refractivity contribution in [3.8, 4) is 5.75 Å². The Morgan fingerprint density at radius 3 is 2.80 bits per heavy atom. The average molecular weight is 277 g/mol. The number of ether oxygens (including phenoxy) is 1. The number of rotatable bonds is 8. The Balaban J connectivity index is 1.88. The van der Waals surface area contributed by atoms with Crippen molar-refractivity contribution in [1.29, 1.82) is 0 Å². The minimum atomic E-state index is -0.326. The van der Waals surface area contributed by atoms with Gasteiger partial charge < -0.3 is 4.74 Å². The molecule has 0 aromatic heterocycles. The molecule has 1 saturated carbocycles. The number of hydrazine groups is 1. The normalized spacial score (nSPS) is 14.3. The summed E-state index contributed by atoms with van der Waals surface area (Å²) in [5, 5.41) is 0. The van der Waals surface area contributed by atoms with Gasteiger partial charge >= 0.3 is 0 Å². The first-order valence-corrected chi connectivity index (χ1v) is 7.23. The van der Waals surface area contributed by atoms with E-state index in [-0.39, 0.29) is 5.91 Å². The van der Waals surface area contributed by atoms with Crippen molar-refractivity contribution in [1.82, 2.24) is 10.3 Å². The molecule has 0 spiro atoms. The van der Waals surface area contributed by atoms with E-state index in [9.17, 15) is 4.79 Å². The Morgan fingerprint density at radius 2 is 2.15 bits per heavy atom. The van der Waals surface area contributed by atoms with Gasteiger partial charge in [0.25, 0.3) is 5.91 Å². The highest BCUT2D eigenvalue weighted by Gasteiger charge is 2.27. The van der Waals surface area contributed by atoms with Crippen LogP contribution in [0, 0.1) is 0 Å². The van der Waals surface area contributed by atoms with E-state index in [1.807, 2.05) is 6.07 Å². The number of carbonyl (C=O) groups is 1. The third-order valence-electron chi connectivity index (χ3n) is 3.47. The highest BCUT2D eigenvalue weighted by atomic mass is 16.5. The van der Waals surface area contributed by atoms with Crippen LogP contribution in [-0.2, 0) is 0 Å². The summed E-state index contributed by atoms with van der Waals surface area (Å²) in [6.07, 6.45) is 3.75. The second-order valence-corrected chi connectivity index (χ2v) is 5.09. The largest absolute Gasteiger partial charge is 0.491 e. The van der Waals surface area contributed by atoms with Crippen molar-refractivity contribution < 1.29 is 9.53 Å².